The molecule has 1 amide bonds. The number of rotatable bonds is 6. The summed E-state index contributed by atoms with van der Waals surface area (Å²) in [6, 6.07) is 6.82. The van der Waals surface area contributed by atoms with E-state index in [9.17, 15) is 9.90 Å². The van der Waals surface area contributed by atoms with Gasteiger partial charge in [-0.05, 0) is 38.1 Å². The Bertz CT molecular complexity index is 577. The van der Waals surface area contributed by atoms with Gasteiger partial charge < -0.3 is 20.2 Å². The Balaban J connectivity index is 1.96. The molecule has 0 aliphatic rings. The van der Waals surface area contributed by atoms with Crippen LogP contribution < -0.4 is 10.6 Å². The summed E-state index contributed by atoms with van der Waals surface area (Å²) in [5.41, 5.74) is -0.635. The SMILES string of the molecule is CCNC(=O)c1ccc(NCC(C)(O)c2ccco2)nc1. The van der Waals surface area contributed by atoms with E-state index in [-0.39, 0.29) is 12.5 Å². The fraction of sp³-hybridized carbons (Fsp3) is 0.333. The monoisotopic (exact) mass is 289 g/mol. The maximum atomic E-state index is 11.6. The molecule has 3 N–H and O–H groups in total. The molecule has 6 heteroatoms. The predicted octanol–water partition coefficient (Wildman–Crippen LogP) is 1.74. The molecule has 0 saturated carbocycles. The van der Waals surface area contributed by atoms with Crippen molar-refractivity contribution in [3.63, 3.8) is 0 Å². The molecular formula is C15H19N3O3. The molecule has 6 nitrogen and oxygen atoms in total. The van der Waals surface area contributed by atoms with E-state index in [0.29, 0.717) is 23.7 Å². The number of amides is 1. The van der Waals surface area contributed by atoms with E-state index in [2.05, 4.69) is 15.6 Å². The van der Waals surface area contributed by atoms with Crippen LogP contribution in [0.4, 0.5) is 5.82 Å². The molecule has 0 spiro atoms. The molecule has 0 radical (unpaired) electrons. The first-order valence-corrected chi connectivity index (χ1v) is 6.77. The molecule has 2 heterocycles. The smallest absolute Gasteiger partial charge is 0.252 e. The highest BCUT2D eigenvalue weighted by molar-refractivity contribution is 5.93. The average molecular weight is 289 g/mol. The maximum Gasteiger partial charge on any atom is 0.252 e. The molecule has 1 atom stereocenters. The van der Waals surface area contributed by atoms with E-state index in [4.69, 9.17) is 4.42 Å². The van der Waals surface area contributed by atoms with Gasteiger partial charge in [0, 0.05) is 12.7 Å². The number of hydrogen-bond acceptors (Lipinski definition) is 5. The molecule has 1 unspecified atom stereocenters. The molecule has 0 saturated heterocycles. The lowest BCUT2D eigenvalue weighted by atomic mass is 10.0. The molecule has 0 fully saturated rings. The predicted molar refractivity (Wildman–Crippen MR) is 79.0 cm³/mol. The largest absolute Gasteiger partial charge is 0.466 e. The summed E-state index contributed by atoms with van der Waals surface area (Å²) in [6.07, 6.45) is 3.01. The fourth-order valence-electron chi connectivity index (χ4n) is 1.83. The number of carbonyl (C=O) groups excluding carboxylic acids is 1. The minimum atomic E-state index is -1.14. The molecule has 2 aromatic rings. The molecule has 0 bridgehead atoms. The number of aliphatic hydroxyl groups is 1. The zero-order valence-corrected chi connectivity index (χ0v) is 12.1. The van der Waals surface area contributed by atoms with Crippen molar-refractivity contribution in [1.82, 2.24) is 10.3 Å². The average Bonchev–Trinajstić information content (AvgIpc) is 3.01. The van der Waals surface area contributed by atoms with Crippen molar-refractivity contribution in [3.05, 3.63) is 48.0 Å². The van der Waals surface area contributed by atoms with Crippen LogP contribution in [0, 0.1) is 0 Å². The minimum Gasteiger partial charge on any atom is -0.466 e. The van der Waals surface area contributed by atoms with Crippen molar-refractivity contribution < 1.29 is 14.3 Å². The molecule has 0 aromatic carbocycles. The zero-order chi connectivity index (χ0) is 15.3. The first-order chi connectivity index (χ1) is 10.0. The van der Waals surface area contributed by atoms with Gasteiger partial charge in [0.05, 0.1) is 18.4 Å². The molecule has 2 aromatic heterocycles. The summed E-state index contributed by atoms with van der Waals surface area (Å²) in [5.74, 6) is 0.906. The lowest BCUT2D eigenvalue weighted by Crippen LogP contribution is -2.30. The number of furan rings is 1. The van der Waals surface area contributed by atoms with Gasteiger partial charge in [-0.1, -0.05) is 0 Å². The number of hydrogen-bond donors (Lipinski definition) is 3. The van der Waals surface area contributed by atoms with Crippen molar-refractivity contribution in [2.24, 2.45) is 0 Å². The van der Waals surface area contributed by atoms with Crippen LogP contribution in [0.1, 0.15) is 30.0 Å². The highest BCUT2D eigenvalue weighted by Crippen LogP contribution is 2.21. The van der Waals surface area contributed by atoms with Gasteiger partial charge in [0.1, 0.15) is 17.2 Å². The third-order valence-corrected chi connectivity index (χ3v) is 3.03. The Labute approximate surface area is 123 Å². The van der Waals surface area contributed by atoms with Gasteiger partial charge in [-0.3, -0.25) is 4.79 Å². The van der Waals surface area contributed by atoms with Gasteiger partial charge in [0.25, 0.3) is 5.91 Å². The van der Waals surface area contributed by atoms with Crippen LogP contribution in [-0.2, 0) is 5.60 Å². The Morgan fingerprint density at radius 1 is 1.43 bits per heavy atom. The van der Waals surface area contributed by atoms with Crippen molar-refractivity contribution in [1.29, 1.82) is 0 Å². The van der Waals surface area contributed by atoms with Crippen LogP contribution in [0.3, 0.4) is 0 Å². The fourth-order valence-corrected chi connectivity index (χ4v) is 1.83. The topological polar surface area (TPSA) is 87.4 Å². The molecule has 21 heavy (non-hydrogen) atoms. The van der Waals surface area contributed by atoms with Crippen LogP contribution in [0.2, 0.25) is 0 Å². The van der Waals surface area contributed by atoms with Crippen LogP contribution >= 0.6 is 0 Å². The van der Waals surface area contributed by atoms with E-state index in [1.54, 1.807) is 31.2 Å². The van der Waals surface area contributed by atoms with E-state index in [1.807, 2.05) is 6.92 Å². The zero-order valence-electron chi connectivity index (χ0n) is 12.1. The third kappa shape index (κ3) is 3.82. The summed E-state index contributed by atoms with van der Waals surface area (Å²) < 4.78 is 5.20. The summed E-state index contributed by atoms with van der Waals surface area (Å²) in [4.78, 5) is 15.8. The lowest BCUT2D eigenvalue weighted by molar-refractivity contribution is 0.0476. The molecule has 112 valence electrons. The van der Waals surface area contributed by atoms with E-state index < -0.39 is 5.60 Å². The molecular weight excluding hydrogens is 270 g/mol. The summed E-state index contributed by atoms with van der Waals surface area (Å²) >= 11 is 0. The molecule has 0 aliphatic carbocycles. The van der Waals surface area contributed by atoms with Crippen molar-refractivity contribution in [2.75, 3.05) is 18.4 Å². The van der Waals surface area contributed by atoms with Crippen LogP contribution in [-0.4, -0.2) is 29.1 Å². The van der Waals surface area contributed by atoms with Crippen molar-refractivity contribution in [3.8, 4) is 0 Å². The second-order valence-electron chi connectivity index (χ2n) is 4.90. The van der Waals surface area contributed by atoms with Crippen LogP contribution in [0.5, 0.6) is 0 Å². The number of anilines is 1. The normalized spacial score (nSPS) is 13.5. The summed E-state index contributed by atoms with van der Waals surface area (Å²) in [7, 11) is 0. The van der Waals surface area contributed by atoms with E-state index in [0.717, 1.165) is 0 Å². The van der Waals surface area contributed by atoms with Gasteiger partial charge in [-0.25, -0.2) is 4.98 Å². The van der Waals surface area contributed by atoms with Crippen LogP contribution in [0.25, 0.3) is 0 Å². The number of aromatic nitrogens is 1. The summed E-state index contributed by atoms with van der Waals surface area (Å²) in [5, 5.41) is 16.0. The Hall–Kier alpha value is -2.34. The highest BCUT2D eigenvalue weighted by Gasteiger charge is 2.26. The van der Waals surface area contributed by atoms with Gasteiger partial charge in [0.15, 0.2) is 0 Å². The second-order valence-corrected chi connectivity index (χ2v) is 4.90. The minimum absolute atomic E-state index is 0.154. The molecule has 2 rings (SSSR count). The number of carbonyl (C=O) groups is 1. The van der Waals surface area contributed by atoms with Gasteiger partial charge in [-0.2, -0.15) is 0 Å². The van der Waals surface area contributed by atoms with Crippen molar-refractivity contribution in [2.45, 2.75) is 19.4 Å². The second kappa shape index (κ2) is 6.41. The first kappa shape index (κ1) is 15.1. The highest BCUT2D eigenvalue weighted by atomic mass is 16.4. The standard InChI is InChI=1S/C15H19N3O3/c1-3-16-14(19)11-6-7-13(17-9-11)18-10-15(2,20)12-5-4-8-21-12/h4-9,20H,3,10H2,1-2H3,(H,16,19)(H,17,18). The van der Waals surface area contributed by atoms with Gasteiger partial charge >= 0.3 is 0 Å². The quantitative estimate of drug-likeness (QED) is 0.754. The number of nitrogens with one attached hydrogen (secondary N) is 2. The van der Waals surface area contributed by atoms with E-state index in [1.165, 1.54) is 12.5 Å². The summed E-state index contributed by atoms with van der Waals surface area (Å²) in [6.45, 7) is 4.33. The Morgan fingerprint density at radius 2 is 2.24 bits per heavy atom. The Morgan fingerprint density at radius 3 is 2.81 bits per heavy atom. The lowest BCUT2D eigenvalue weighted by Gasteiger charge is -2.21. The Kier molecular flexibility index (Phi) is 4.59. The number of nitrogens with zero attached hydrogens (tertiary/aromatic N) is 1. The van der Waals surface area contributed by atoms with Gasteiger partial charge in [0.2, 0.25) is 0 Å². The maximum absolute atomic E-state index is 11.6. The van der Waals surface area contributed by atoms with Crippen LogP contribution in [0.15, 0.2) is 41.1 Å². The van der Waals surface area contributed by atoms with Gasteiger partial charge in [-0.15, -0.1) is 0 Å². The van der Waals surface area contributed by atoms with Crippen molar-refractivity contribution >= 4 is 11.7 Å². The first-order valence-electron chi connectivity index (χ1n) is 6.77. The van der Waals surface area contributed by atoms with E-state index >= 15 is 0 Å². The molecule has 0 aliphatic heterocycles. The number of pyridine rings is 1. The third-order valence-electron chi connectivity index (χ3n) is 3.03.